The Balaban J connectivity index is 1.17. The summed E-state index contributed by atoms with van der Waals surface area (Å²) >= 11 is 0. The van der Waals surface area contributed by atoms with Gasteiger partial charge in [0.15, 0.2) is 6.29 Å². The predicted molar refractivity (Wildman–Crippen MR) is 139 cm³/mol. The SMILES string of the molecule is CO[C@H]1[C@@H](O)[C@@H](C)O[C@@H](O[C@@H]2CC[C@@]3(C)[C@H](CC[C@@H]4[C@@H]3CC[C@]3(C)[C@H](C5=CC(=O)OC5)[C@H](O)C[C@@]43O)C2)[C@@H]1O. The quantitative estimate of drug-likeness (QED) is 0.307. The Hall–Kier alpha value is -1.07. The van der Waals surface area contributed by atoms with Gasteiger partial charge in [-0.25, -0.2) is 4.79 Å². The molecule has 4 N–H and O–H groups in total. The van der Waals surface area contributed by atoms with Crippen LogP contribution in [0.2, 0.25) is 0 Å². The van der Waals surface area contributed by atoms with E-state index in [-0.39, 0.29) is 35.9 Å². The van der Waals surface area contributed by atoms with E-state index in [0.717, 1.165) is 50.5 Å². The van der Waals surface area contributed by atoms with Crippen molar-refractivity contribution in [1.29, 1.82) is 0 Å². The molecule has 0 amide bonds. The number of esters is 1. The highest BCUT2D eigenvalue weighted by atomic mass is 16.7. The van der Waals surface area contributed by atoms with Gasteiger partial charge >= 0.3 is 5.97 Å². The van der Waals surface area contributed by atoms with E-state index in [4.69, 9.17) is 18.9 Å². The molecule has 0 bridgehead atoms. The van der Waals surface area contributed by atoms with Gasteiger partial charge in [-0.05, 0) is 80.6 Å². The molecule has 4 saturated carbocycles. The van der Waals surface area contributed by atoms with Crippen LogP contribution in [0.1, 0.15) is 72.1 Å². The number of cyclic esters (lactones) is 1. The maximum atomic E-state index is 12.4. The molecule has 1 saturated heterocycles. The van der Waals surface area contributed by atoms with Crippen molar-refractivity contribution in [3.63, 3.8) is 0 Å². The molecular weight excluding hydrogens is 504 g/mol. The topological polar surface area (TPSA) is 135 Å². The molecule has 0 aromatic rings. The van der Waals surface area contributed by atoms with E-state index in [1.165, 1.54) is 13.2 Å². The van der Waals surface area contributed by atoms with Crippen molar-refractivity contribution < 1.29 is 44.2 Å². The molecule has 0 aromatic heterocycles. The molecule has 9 nitrogen and oxygen atoms in total. The molecule has 2 aliphatic heterocycles. The summed E-state index contributed by atoms with van der Waals surface area (Å²) in [6.07, 6.45) is 3.40. The van der Waals surface area contributed by atoms with Crippen molar-refractivity contribution in [2.24, 2.45) is 34.5 Å². The van der Waals surface area contributed by atoms with Crippen LogP contribution in [0.3, 0.4) is 0 Å². The van der Waals surface area contributed by atoms with Crippen LogP contribution in [0.25, 0.3) is 0 Å². The Morgan fingerprint density at radius 1 is 1.03 bits per heavy atom. The molecule has 14 atom stereocenters. The van der Waals surface area contributed by atoms with E-state index < -0.39 is 47.8 Å². The zero-order valence-corrected chi connectivity index (χ0v) is 23.6. The van der Waals surface area contributed by atoms with Gasteiger partial charge in [0.2, 0.25) is 0 Å². The Labute approximate surface area is 230 Å². The normalized spacial score (nSPS) is 55.3. The van der Waals surface area contributed by atoms with Gasteiger partial charge in [-0.1, -0.05) is 13.8 Å². The van der Waals surface area contributed by atoms with Crippen LogP contribution >= 0.6 is 0 Å². The Morgan fingerprint density at radius 2 is 1.79 bits per heavy atom. The zero-order chi connectivity index (χ0) is 27.9. The fourth-order valence-electron chi connectivity index (χ4n) is 10.2. The molecule has 6 rings (SSSR count). The highest BCUT2D eigenvalue weighted by Gasteiger charge is 2.70. The second-order valence-electron chi connectivity index (χ2n) is 13.9. The van der Waals surface area contributed by atoms with Gasteiger partial charge in [-0.3, -0.25) is 0 Å². The van der Waals surface area contributed by atoms with E-state index in [1.807, 2.05) is 0 Å². The summed E-state index contributed by atoms with van der Waals surface area (Å²) in [6.45, 7) is 6.48. The van der Waals surface area contributed by atoms with Crippen molar-refractivity contribution in [3.05, 3.63) is 11.6 Å². The standard InChI is InChI=1S/C30H46O9/c1-15-24(33)26(36-4)25(34)27(38-15)39-18-7-9-28(2)17(12-18)5-6-20-19(28)8-10-29(3)23(16-11-22(32)37-14-16)21(31)13-30(20,29)35/h11,15,17-21,23-27,31,33-35H,5-10,12-14H2,1-4H3/t15-,17-,18-,19+,20-,21-,23-,24+,25-,26+,27+,28+,29-,30-/m1/s1. The van der Waals surface area contributed by atoms with Gasteiger partial charge in [0, 0.05) is 30.9 Å². The number of methoxy groups -OCH3 is 1. The minimum Gasteiger partial charge on any atom is -0.458 e. The summed E-state index contributed by atoms with van der Waals surface area (Å²) in [5, 5.41) is 44.7. The lowest BCUT2D eigenvalue weighted by Gasteiger charge is -2.63. The third kappa shape index (κ3) is 4.09. The smallest absolute Gasteiger partial charge is 0.331 e. The molecular formula is C30H46O9. The van der Waals surface area contributed by atoms with Gasteiger partial charge < -0.3 is 39.4 Å². The predicted octanol–water partition coefficient (Wildman–Crippen LogP) is 2.08. The Morgan fingerprint density at radius 3 is 2.49 bits per heavy atom. The van der Waals surface area contributed by atoms with Gasteiger partial charge in [-0.15, -0.1) is 0 Å². The zero-order valence-electron chi connectivity index (χ0n) is 23.6. The number of hydrogen-bond donors (Lipinski definition) is 4. The summed E-state index contributed by atoms with van der Waals surface area (Å²) in [6, 6.07) is 0. The molecule has 0 unspecified atom stereocenters. The van der Waals surface area contributed by atoms with E-state index >= 15 is 0 Å². The molecule has 39 heavy (non-hydrogen) atoms. The van der Waals surface area contributed by atoms with E-state index in [1.54, 1.807) is 6.92 Å². The highest BCUT2D eigenvalue weighted by Crippen LogP contribution is 2.70. The number of ether oxygens (including phenoxy) is 4. The fourth-order valence-corrected chi connectivity index (χ4v) is 10.2. The first-order chi connectivity index (χ1) is 18.4. The Kier molecular flexibility index (Phi) is 7.02. The van der Waals surface area contributed by atoms with Crippen LogP contribution < -0.4 is 0 Å². The molecule has 9 heteroatoms. The van der Waals surface area contributed by atoms with Crippen LogP contribution in [-0.4, -0.2) is 88.6 Å². The maximum absolute atomic E-state index is 12.4. The van der Waals surface area contributed by atoms with Crippen molar-refractivity contribution in [1.82, 2.24) is 0 Å². The summed E-state index contributed by atoms with van der Waals surface area (Å²) in [4.78, 5) is 11.8. The number of carbonyl (C=O) groups is 1. The van der Waals surface area contributed by atoms with Crippen molar-refractivity contribution in [3.8, 4) is 0 Å². The number of rotatable bonds is 4. The molecule has 2 heterocycles. The average molecular weight is 551 g/mol. The first-order valence-electron chi connectivity index (χ1n) is 14.9. The van der Waals surface area contributed by atoms with Gasteiger partial charge in [0.05, 0.1) is 23.9 Å². The van der Waals surface area contributed by atoms with Crippen LogP contribution in [0.4, 0.5) is 0 Å². The fraction of sp³-hybridized carbons (Fsp3) is 0.900. The number of fused-ring (bicyclic) bond motifs is 5. The molecule has 0 spiro atoms. The van der Waals surface area contributed by atoms with Crippen molar-refractivity contribution >= 4 is 5.97 Å². The lowest BCUT2D eigenvalue weighted by Crippen LogP contribution is -2.62. The third-order valence-electron chi connectivity index (χ3n) is 12.3. The molecule has 0 radical (unpaired) electrons. The van der Waals surface area contributed by atoms with Crippen LogP contribution in [0.15, 0.2) is 11.6 Å². The second kappa shape index (κ2) is 9.75. The van der Waals surface area contributed by atoms with Crippen LogP contribution in [-0.2, 0) is 23.7 Å². The third-order valence-corrected chi connectivity index (χ3v) is 12.3. The van der Waals surface area contributed by atoms with Gasteiger partial charge in [-0.2, -0.15) is 0 Å². The minimum atomic E-state index is -1.06. The second-order valence-corrected chi connectivity index (χ2v) is 13.9. The first-order valence-corrected chi connectivity index (χ1v) is 14.9. The largest absolute Gasteiger partial charge is 0.458 e. The molecule has 5 fully saturated rings. The van der Waals surface area contributed by atoms with Crippen molar-refractivity contribution in [2.45, 2.75) is 121 Å². The lowest BCUT2D eigenvalue weighted by molar-refractivity contribution is -0.313. The maximum Gasteiger partial charge on any atom is 0.331 e. The lowest BCUT2D eigenvalue weighted by atomic mass is 9.43. The van der Waals surface area contributed by atoms with Gasteiger partial charge in [0.25, 0.3) is 0 Å². The molecule has 0 aromatic carbocycles. The summed E-state index contributed by atoms with van der Waals surface area (Å²) in [5.41, 5.74) is -0.601. The summed E-state index contributed by atoms with van der Waals surface area (Å²) < 4.78 is 22.7. The van der Waals surface area contributed by atoms with Crippen molar-refractivity contribution in [2.75, 3.05) is 13.7 Å². The van der Waals surface area contributed by atoms with E-state index in [2.05, 4.69) is 13.8 Å². The number of carbonyl (C=O) groups excluding carboxylic acids is 1. The number of aliphatic hydroxyl groups excluding tert-OH is 3. The van der Waals surface area contributed by atoms with Crippen LogP contribution in [0, 0.1) is 34.5 Å². The average Bonchev–Trinajstić information content (AvgIpc) is 3.39. The monoisotopic (exact) mass is 550 g/mol. The number of aliphatic hydroxyl groups is 4. The van der Waals surface area contributed by atoms with Gasteiger partial charge in [0.1, 0.15) is 24.9 Å². The van der Waals surface area contributed by atoms with Crippen LogP contribution in [0.5, 0.6) is 0 Å². The number of hydrogen-bond acceptors (Lipinski definition) is 9. The molecule has 6 aliphatic rings. The summed E-state index contributed by atoms with van der Waals surface area (Å²) in [5.74, 6) is 0.260. The highest BCUT2D eigenvalue weighted by molar-refractivity contribution is 5.85. The first kappa shape index (κ1) is 28.1. The van der Waals surface area contributed by atoms with E-state index in [0.29, 0.717) is 18.3 Å². The Bertz CT molecular complexity index is 1000. The van der Waals surface area contributed by atoms with E-state index in [9.17, 15) is 25.2 Å². The minimum absolute atomic E-state index is 0.0547. The summed E-state index contributed by atoms with van der Waals surface area (Å²) in [7, 11) is 1.48. The molecule has 220 valence electrons. The molecule has 4 aliphatic carbocycles.